The van der Waals surface area contributed by atoms with Crippen molar-refractivity contribution in [2.24, 2.45) is 7.05 Å². The Morgan fingerprint density at radius 1 is 1.16 bits per heavy atom. The molecule has 12 nitrogen and oxygen atoms in total. The summed E-state index contributed by atoms with van der Waals surface area (Å²) in [5.74, 6) is 0.568. The Hall–Kier alpha value is -3.48. The highest BCUT2D eigenvalue weighted by Gasteiger charge is 2.37. The second kappa shape index (κ2) is 11.2. The van der Waals surface area contributed by atoms with Crippen molar-refractivity contribution in [3.8, 4) is 23.0 Å². The summed E-state index contributed by atoms with van der Waals surface area (Å²) < 4.78 is 15.6. The fraction of sp³-hybridized carbons (Fsp3) is 0.481. The molecule has 43 heavy (non-hydrogen) atoms. The summed E-state index contributed by atoms with van der Waals surface area (Å²) in [6.07, 6.45) is 3.34. The predicted octanol–water partition coefficient (Wildman–Crippen LogP) is 0.461. The van der Waals surface area contributed by atoms with Crippen LogP contribution < -0.4 is 9.47 Å². The number of H-pyrrole nitrogens is 1. The number of aromatic amines is 1. The van der Waals surface area contributed by atoms with Gasteiger partial charge in [0.05, 0.1) is 52.2 Å². The van der Waals surface area contributed by atoms with Crippen LogP contribution in [0.4, 0.5) is 0 Å². The number of aromatic nitrogens is 7. The normalized spacial score (nSPS) is 18.0. The van der Waals surface area contributed by atoms with Gasteiger partial charge in [-0.15, -0.1) is 5.10 Å². The highest BCUT2D eigenvalue weighted by Crippen LogP contribution is 2.36. The van der Waals surface area contributed by atoms with Crippen LogP contribution in [0.1, 0.15) is 48.2 Å². The highest BCUT2D eigenvalue weighted by molar-refractivity contribution is 6.53. The van der Waals surface area contributed by atoms with Gasteiger partial charge in [0.25, 0.3) is 0 Å². The van der Waals surface area contributed by atoms with Gasteiger partial charge in [0.1, 0.15) is 43.0 Å². The number of rotatable bonds is 5. The van der Waals surface area contributed by atoms with Gasteiger partial charge < -0.3 is 19.7 Å². The summed E-state index contributed by atoms with van der Waals surface area (Å²) >= 11 is 0. The van der Waals surface area contributed by atoms with Crippen LogP contribution in [0.15, 0.2) is 6.07 Å². The Morgan fingerprint density at radius 2 is 1.88 bits per heavy atom. The second-order valence-corrected chi connectivity index (χ2v) is 11.3. The van der Waals surface area contributed by atoms with E-state index in [0.29, 0.717) is 47.1 Å². The van der Waals surface area contributed by atoms with Gasteiger partial charge in [0.2, 0.25) is 11.8 Å². The van der Waals surface area contributed by atoms with Crippen molar-refractivity contribution in [2.75, 3.05) is 20.2 Å². The van der Waals surface area contributed by atoms with E-state index in [2.05, 4.69) is 20.4 Å². The fourth-order valence-corrected chi connectivity index (χ4v) is 5.21. The third-order valence-electron chi connectivity index (χ3n) is 7.48. The van der Waals surface area contributed by atoms with E-state index >= 15 is 0 Å². The number of hydrogen-bond donors (Lipinski definition) is 3. The molecular weight excluding hydrogens is 544 g/mol. The molecule has 0 amide bonds. The van der Waals surface area contributed by atoms with Crippen molar-refractivity contribution in [1.29, 1.82) is 0 Å². The monoisotopic (exact) mass is 576 g/mol. The van der Waals surface area contributed by atoms with Crippen LogP contribution >= 0.6 is 0 Å². The molecule has 8 radical (unpaired) electrons. The van der Waals surface area contributed by atoms with Crippen molar-refractivity contribution < 1.29 is 19.7 Å². The van der Waals surface area contributed by atoms with E-state index in [1.807, 2.05) is 51.9 Å². The molecule has 4 aromatic heterocycles. The average Bonchev–Trinajstić information content (AvgIpc) is 3.54. The third-order valence-corrected chi connectivity index (χ3v) is 7.48. The lowest BCUT2D eigenvalue weighted by atomic mass is 9.42. The molecule has 0 spiro atoms. The topological polar surface area (TPSA) is 139 Å². The van der Waals surface area contributed by atoms with Crippen LogP contribution in [0.2, 0.25) is 0 Å². The maximum atomic E-state index is 10.2. The van der Waals surface area contributed by atoms with Crippen molar-refractivity contribution in [3.63, 3.8) is 0 Å². The number of aryl methyl sites for hydroxylation is 3. The van der Waals surface area contributed by atoms with Crippen LogP contribution in [-0.4, -0.2) is 118 Å². The van der Waals surface area contributed by atoms with Gasteiger partial charge in [0, 0.05) is 36.3 Å². The smallest absolute Gasteiger partial charge is 0.239 e. The first kappa shape index (κ1) is 31.0. The number of nitrogens with one attached hydrogen (secondary N) is 1. The van der Waals surface area contributed by atoms with Crippen LogP contribution in [0, 0.1) is 13.8 Å². The summed E-state index contributed by atoms with van der Waals surface area (Å²) in [6, 6.07) is 1.50. The second-order valence-electron chi connectivity index (χ2n) is 11.3. The minimum atomic E-state index is -2.60. The summed E-state index contributed by atoms with van der Waals surface area (Å²) in [5, 5.41) is 32.9. The summed E-state index contributed by atoms with van der Waals surface area (Å²) in [4.78, 5) is 6.89. The maximum Gasteiger partial charge on any atom is 0.239 e. The van der Waals surface area contributed by atoms with E-state index in [-0.39, 0.29) is 18.6 Å². The van der Waals surface area contributed by atoms with Gasteiger partial charge in [-0.2, -0.15) is 10.2 Å². The number of fused-ring (bicyclic) bond motifs is 4. The van der Waals surface area contributed by atoms with Crippen molar-refractivity contribution in [3.05, 3.63) is 34.4 Å². The standard InChI is InChI=1S/C27H32B4N8O4/c1-13(12-40)39-21-11-37(5)10-14(2)42-25-22(15(3)35-38(25)6)20-9-18-19(33-34-23(18)16(4)32-20)8-7-17(21)24(36-39)43-27(30,31)26(28,29)41/h7-9,13-14,40-41H,10-12H2,1-6H3,(H,33,34)/b8-7+. The van der Waals surface area contributed by atoms with E-state index in [0.717, 1.165) is 22.3 Å². The lowest BCUT2D eigenvalue weighted by Crippen LogP contribution is -2.60. The molecular formula is C27H32B4N8O4. The molecule has 0 saturated heterocycles. The maximum absolute atomic E-state index is 10.2. The molecule has 216 valence electrons. The van der Waals surface area contributed by atoms with E-state index in [1.165, 1.54) is 0 Å². The lowest BCUT2D eigenvalue weighted by Gasteiger charge is -2.39. The van der Waals surface area contributed by atoms with Crippen molar-refractivity contribution in [2.45, 2.75) is 57.2 Å². The van der Waals surface area contributed by atoms with Gasteiger partial charge in [-0.05, 0) is 53.0 Å². The molecule has 1 aliphatic rings. The number of pyridine rings is 1. The van der Waals surface area contributed by atoms with Gasteiger partial charge in [-0.3, -0.25) is 19.7 Å². The molecule has 2 bridgehead atoms. The molecule has 0 aromatic carbocycles. The summed E-state index contributed by atoms with van der Waals surface area (Å²) in [7, 11) is 27.0. The Kier molecular flexibility index (Phi) is 8.08. The summed E-state index contributed by atoms with van der Waals surface area (Å²) in [5.41, 5.74) is 5.56. The van der Waals surface area contributed by atoms with Crippen LogP contribution in [0.5, 0.6) is 11.8 Å². The number of hydrogen-bond acceptors (Lipinski definition) is 9. The Bertz CT molecular complexity index is 1690. The zero-order valence-corrected chi connectivity index (χ0v) is 25.2. The highest BCUT2D eigenvalue weighted by atomic mass is 16.5. The molecule has 5 heterocycles. The average molecular weight is 576 g/mol. The van der Waals surface area contributed by atoms with E-state index in [4.69, 9.17) is 45.8 Å². The Labute approximate surface area is 255 Å². The number of aliphatic hydroxyl groups is 2. The third kappa shape index (κ3) is 5.75. The lowest BCUT2D eigenvalue weighted by molar-refractivity contribution is 0.0769. The van der Waals surface area contributed by atoms with Gasteiger partial charge in [-0.25, -0.2) is 4.68 Å². The molecule has 0 fully saturated rings. The Balaban J connectivity index is 1.75. The minimum Gasteiger partial charge on any atom is -0.489 e. The largest absolute Gasteiger partial charge is 0.489 e. The molecule has 1 aliphatic heterocycles. The quantitative estimate of drug-likeness (QED) is 0.290. The van der Waals surface area contributed by atoms with Crippen LogP contribution in [-0.2, 0) is 13.6 Å². The van der Waals surface area contributed by atoms with Crippen LogP contribution in [0.3, 0.4) is 0 Å². The van der Waals surface area contributed by atoms with E-state index < -0.39 is 16.8 Å². The molecule has 2 atom stereocenters. The van der Waals surface area contributed by atoms with Crippen molar-refractivity contribution >= 4 is 54.4 Å². The molecule has 16 heteroatoms. The fourth-order valence-electron chi connectivity index (χ4n) is 5.21. The zero-order chi connectivity index (χ0) is 31.4. The molecule has 4 aromatic rings. The first-order valence-corrected chi connectivity index (χ1v) is 13.8. The number of likely N-dealkylation sites (N-methyl/N-ethyl adjacent to an activating group) is 1. The number of ether oxygens (including phenoxy) is 2. The number of aliphatic hydroxyl groups excluding tert-OH is 1. The molecule has 2 unspecified atom stereocenters. The summed E-state index contributed by atoms with van der Waals surface area (Å²) in [6.45, 7) is 8.25. The number of nitrogens with zero attached hydrogens (tertiary/aromatic N) is 7. The van der Waals surface area contributed by atoms with Gasteiger partial charge in [0.15, 0.2) is 0 Å². The predicted molar refractivity (Wildman–Crippen MR) is 166 cm³/mol. The van der Waals surface area contributed by atoms with E-state index in [1.54, 1.807) is 22.4 Å². The Morgan fingerprint density at radius 3 is 2.56 bits per heavy atom. The van der Waals surface area contributed by atoms with Gasteiger partial charge in [-0.1, -0.05) is 0 Å². The zero-order valence-electron chi connectivity index (χ0n) is 25.2. The SMILES string of the molecule is [B]C([B])(O)C([B])([B])Oc1nn(C(C)CO)c2c1/C=C/c1[nH]nc3c(C)nc(cc13)-c1c(C)nn(C)c1OC(C)CN(C)C2. The first-order valence-electron chi connectivity index (χ1n) is 13.8. The first-order chi connectivity index (χ1) is 20.1. The molecule has 5 rings (SSSR count). The van der Waals surface area contributed by atoms with Crippen LogP contribution in [0.25, 0.3) is 34.3 Å². The van der Waals surface area contributed by atoms with Crippen molar-refractivity contribution in [1.82, 2.24) is 39.6 Å². The van der Waals surface area contributed by atoms with E-state index in [9.17, 15) is 10.2 Å². The van der Waals surface area contributed by atoms with Gasteiger partial charge >= 0.3 is 0 Å². The minimum absolute atomic E-state index is 0.0376. The molecule has 3 N–H and O–H groups in total. The molecule has 0 aliphatic carbocycles. The molecule has 0 saturated carbocycles.